The number of carbonyl (C=O) groups excluding carboxylic acids is 1. The number of hydrogen-bond donors (Lipinski definition) is 2. The van der Waals surface area contributed by atoms with Crippen LogP contribution in [0.2, 0.25) is 0 Å². The number of aromatic nitrogens is 2. The van der Waals surface area contributed by atoms with Crippen LogP contribution in [-0.2, 0) is 17.8 Å². The molecule has 0 unspecified atom stereocenters. The zero-order chi connectivity index (χ0) is 25.5. The van der Waals surface area contributed by atoms with Crippen molar-refractivity contribution in [2.24, 2.45) is 0 Å². The molecule has 0 spiro atoms. The van der Waals surface area contributed by atoms with Gasteiger partial charge in [0.15, 0.2) is 0 Å². The standard InChI is InChI=1S/C29H31N3O4/c1-3-5-14-26-31-28-23(30-27(33)9-4-2)11-8-12-24(28)32(26)19-20-15-17-21(18-16-20)22-10-6-7-13-25(22)36-29(34)35/h6-8,10-13,15-18H,3-5,9,14,19H2,1-2H3,(H,30,33)(H,34,35). The highest BCUT2D eigenvalue weighted by atomic mass is 16.7. The summed E-state index contributed by atoms with van der Waals surface area (Å²) in [5.41, 5.74) is 5.22. The Hall–Kier alpha value is -4.13. The van der Waals surface area contributed by atoms with Crippen molar-refractivity contribution in [3.05, 3.63) is 78.1 Å². The van der Waals surface area contributed by atoms with Gasteiger partial charge in [-0.05, 0) is 42.2 Å². The lowest BCUT2D eigenvalue weighted by Crippen LogP contribution is -2.10. The number of rotatable bonds is 10. The molecule has 4 rings (SSSR count). The van der Waals surface area contributed by atoms with Crippen molar-refractivity contribution in [3.63, 3.8) is 0 Å². The summed E-state index contributed by atoms with van der Waals surface area (Å²) in [7, 11) is 0. The molecule has 4 aromatic rings. The summed E-state index contributed by atoms with van der Waals surface area (Å²) < 4.78 is 7.16. The molecule has 0 fully saturated rings. The average molecular weight is 486 g/mol. The number of carbonyl (C=O) groups is 2. The van der Waals surface area contributed by atoms with Crippen molar-refractivity contribution in [2.45, 2.75) is 52.5 Å². The van der Waals surface area contributed by atoms with Crippen molar-refractivity contribution in [1.82, 2.24) is 9.55 Å². The largest absolute Gasteiger partial charge is 0.511 e. The number of benzene rings is 3. The molecule has 0 bridgehead atoms. The normalized spacial score (nSPS) is 10.9. The van der Waals surface area contributed by atoms with Gasteiger partial charge in [0.1, 0.15) is 17.1 Å². The van der Waals surface area contributed by atoms with Crippen molar-refractivity contribution in [1.29, 1.82) is 0 Å². The Labute approximate surface area is 210 Å². The SMILES string of the molecule is CCCCc1nc2c(NC(=O)CCC)cccc2n1Cc1ccc(-c2ccccc2OC(=O)O)cc1. The maximum absolute atomic E-state index is 12.3. The average Bonchev–Trinajstić information content (AvgIpc) is 3.21. The Balaban J connectivity index is 1.66. The summed E-state index contributed by atoms with van der Waals surface area (Å²) >= 11 is 0. The van der Waals surface area contributed by atoms with Crippen LogP contribution < -0.4 is 10.1 Å². The lowest BCUT2D eigenvalue weighted by Gasteiger charge is -2.12. The third-order valence-electron chi connectivity index (χ3n) is 6.05. The van der Waals surface area contributed by atoms with Crippen LogP contribution in [0.15, 0.2) is 66.7 Å². The summed E-state index contributed by atoms with van der Waals surface area (Å²) in [5, 5.41) is 12.1. The van der Waals surface area contributed by atoms with E-state index in [9.17, 15) is 9.59 Å². The van der Waals surface area contributed by atoms with Gasteiger partial charge in [0.05, 0.1) is 11.2 Å². The highest BCUT2D eigenvalue weighted by Crippen LogP contribution is 2.31. The van der Waals surface area contributed by atoms with E-state index in [0.29, 0.717) is 18.7 Å². The van der Waals surface area contributed by atoms with E-state index in [4.69, 9.17) is 14.8 Å². The molecule has 0 saturated carbocycles. The first-order valence-electron chi connectivity index (χ1n) is 12.4. The summed E-state index contributed by atoms with van der Waals surface area (Å²) in [6.45, 7) is 4.78. The van der Waals surface area contributed by atoms with Crippen molar-refractivity contribution in [3.8, 4) is 16.9 Å². The first-order chi connectivity index (χ1) is 17.5. The van der Waals surface area contributed by atoms with Gasteiger partial charge >= 0.3 is 6.16 Å². The quantitative estimate of drug-likeness (QED) is 0.188. The number of nitrogens with zero attached hydrogens (tertiary/aromatic N) is 2. The second-order valence-electron chi connectivity index (χ2n) is 8.75. The molecule has 186 valence electrons. The van der Waals surface area contributed by atoms with Crippen molar-refractivity contribution in [2.75, 3.05) is 5.32 Å². The van der Waals surface area contributed by atoms with Crippen LogP contribution in [0.25, 0.3) is 22.2 Å². The molecule has 1 heterocycles. The third-order valence-corrected chi connectivity index (χ3v) is 6.05. The number of fused-ring (bicyclic) bond motifs is 1. The molecule has 0 atom stereocenters. The summed E-state index contributed by atoms with van der Waals surface area (Å²) in [4.78, 5) is 28.3. The predicted octanol–water partition coefficient (Wildman–Crippen LogP) is 6.89. The van der Waals surface area contributed by atoms with E-state index in [-0.39, 0.29) is 5.91 Å². The van der Waals surface area contributed by atoms with E-state index in [2.05, 4.69) is 16.8 Å². The molecule has 0 saturated heterocycles. The minimum absolute atomic E-state index is 0.00240. The number of ether oxygens (including phenoxy) is 1. The van der Waals surface area contributed by atoms with E-state index in [1.807, 2.05) is 61.5 Å². The molecule has 0 radical (unpaired) electrons. The Morgan fingerprint density at radius 2 is 1.75 bits per heavy atom. The lowest BCUT2D eigenvalue weighted by molar-refractivity contribution is -0.116. The number of para-hydroxylation sites is 2. The van der Waals surface area contributed by atoms with E-state index < -0.39 is 6.16 Å². The van der Waals surface area contributed by atoms with Gasteiger partial charge in [0.25, 0.3) is 0 Å². The molecule has 7 nitrogen and oxygen atoms in total. The molecule has 3 aromatic carbocycles. The van der Waals surface area contributed by atoms with Crippen molar-refractivity contribution >= 4 is 28.8 Å². The fourth-order valence-electron chi connectivity index (χ4n) is 4.30. The van der Waals surface area contributed by atoms with Gasteiger partial charge in [-0.15, -0.1) is 0 Å². The summed E-state index contributed by atoms with van der Waals surface area (Å²) in [5.74, 6) is 1.29. The fourth-order valence-corrected chi connectivity index (χ4v) is 4.30. The molecule has 1 amide bonds. The number of nitrogens with one attached hydrogen (secondary N) is 1. The van der Waals surface area contributed by atoms with Crippen LogP contribution in [-0.4, -0.2) is 26.7 Å². The zero-order valence-corrected chi connectivity index (χ0v) is 20.7. The van der Waals surface area contributed by atoms with Crippen LogP contribution in [0.4, 0.5) is 10.5 Å². The monoisotopic (exact) mass is 485 g/mol. The molecule has 1 aromatic heterocycles. The second-order valence-corrected chi connectivity index (χ2v) is 8.75. The topological polar surface area (TPSA) is 93.5 Å². The second kappa shape index (κ2) is 11.5. The van der Waals surface area contributed by atoms with Gasteiger partial charge in [-0.1, -0.05) is 68.8 Å². The van der Waals surface area contributed by atoms with Gasteiger partial charge in [-0.3, -0.25) is 4.79 Å². The van der Waals surface area contributed by atoms with E-state index in [1.54, 1.807) is 12.1 Å². The van der Waals surface area contributed by atoms with Crippen molar-refractivity contribution < 1.29 is 19.4 Å². The van der Waals surface area contributed by atoms with Crippen LogP contribution in [0, 0.1) is 0 Å². The number of hydrogen-bond acceptors (Lipinski definition) is 4. The number of carboxylic acid groups (broad SMARTS) is 1. The van der Waals surface area contributed by atoms with E-state index >= 15 is 0 Å². The Morgan fingerprint density at radius 3 is 2.47 bits per heavy atom. The minimum Gasteiger partial charge on any atom is -0.449 e. The molecular weight excluding hydrogens is 454 g/mol. The molecule has 0 aliphatic heterocycles. The molecule has 7 heteroatoms. The van der Waals surface area contributed by atoms with Gasteiger partial charge in [-0.2, -0.15) is 0 Å². The number of anilines is 1. The highest BCUT2D eigenvalue weighted by molar-refractivity contribution is 5.99. The Bertz CT molecular complexity index is 1360. The first kappa shape index (κ1) is 25.0. The summed E-state index contributed by atoms with van der Waals surface area (Å²) in [6, 6.07) is 21.0. The fraction of sp³-hybridized carbons (Fsp3) is 0.276. The Morgan fingerprint density at radius 1 is 0.972 bits per heavy atom. The number of aryl methyl sites for hydroxylation is 1. The molecular formula is C29H31N3O4. The van der Waals surface area contributed by atoms with Crippen LogP contribution in [0.1, 0.15) is 50.9 Å². The Kier molecular flexibility index (Phi) is 8.00. The number of amides is 1. The van der Waals surface area contributed by atoms with Crippen LogP contribution in [0.3, 0.4) is 0 Å². The van der Waals surface area contributed by atoms with Gasteiger partial charge in [0.2, 0.25) is 5.91 Å². The number of unbranched alkanes of at least 4 members (excludes halogenated alkanes) is 1. The molecule has 0 aliphatic carbocycles. The van der Waals surface area contributed by atoms with Gasteiger partial charge in [-0.25, -0.2) is 9.78 Å². The molecule has 2 N–H and O–H groups in total. The maximum Gasteiger partial charge on any atom is 0.511 e. The van der Waals surface area contributed by atoms with E-state index in [1.165, 1.54) is 0 Å². The maximum atomic E-state index is 12.3. The van der Waals surface area contributed by atoms with Gasteiger partial charge < -0.3 is 19.7 Å². The molecule has 36 heavy (non-hydrogen) atoms. The number of imidazole rings is 1. The smallest absolute Gasteiger partial charge is 0.449 e. The predicted molar refractivity (Wildman–Crippen MR) is 142 cm³/mol. The first-order valence-corrected chi connectivity index (χ1v) is 12.4. The van der Waals surface area contributed by atoms with Crippen LogP contribution in [0.5, 0.6) is 5.75 Å². The van der Waals surface area contributed by atoms with Gasteiger partial charge in [0, 0.05) is 24.9 Å². The summed E-state index contributed by atoms with van der Waals surface area (Å²) in [6.07, 6.45) is 2.88. The van der Waals surface area contributed by atoms with Crippen LogP contribution >= 0.6 is 0 Å². The zero-order valence-electron chi connectivity index (χ0n) is 20.7. The lowest BCUT2D eigenvalue weighted by atomic mass is 10.0. The van der Waals surface area contributed by atoms with E-state index in [0.717, 1.165) is 64.9 Å². The third kappa shape index (κ3) is 5.74. The highest BCUT2D eigenvalue weighted by Gasteiger charge is 2.16. The molecule has 0 aliphatic rings. The minimum atomic E-state index is -1.34.